The van der Waals surface area contributed by atoms with Gasteiger partial charge in [0, 0.05) is 0 Å². The topological polar surface area (TPSA) is 80.6 Å². The molecule has 23 heavy (non-hydrogen) atoms. The molecule has 6 heteroatoms. The van der Waals surface area contributed by atoms with Crippen molar-refractivity contribution in [3.8, 4) is 5.75 Å². The van der Waals surface area contributed by atoms with Crippen molar-refractivity contribution >= 4 is 11.8 Å². The maximum absolute atomic E-state index is 11.9. The van der Waals surface area contributed by atoms with Crippen molar-refractivity contribution in [2.24, 2.45) is 0 Å². The van der Waals surface area contributed by atoms with Gasteiger partial charge in [0.05, 0.1) is 5.56 Å². The Labute approximate surface area is 134 Å². The number of amides is 2. The Hall–Kier alpha value is -2.76. The van der Waals surface area contributed by atoms with E-state index in [4.69, 9.17) is 9.15 Å². The van der Waals surface area contributed by atoms with Crippen LogP contribution in [0.15, 0.2) is 28.7 Å². The number of carbonyl (C=O) groups is 2. The molecule has 0 aliphatic rings. The summed E-state index contributed by atoms with van der Waals surface area (Å²) in [5.74, 6) is 0.905. The van der Waals surface area contributed by atoms with Crippen molar-refractivity contribution in [1.82, 2.24) is 10.9 Å². The number of carbonyl (C=O) groups excluding carboxylic acids is 2. The number of hydrogen-bond donors (Lipinski definition) is 2. The zero-order chi connectivity index (χ0) is 17.0. The van der Waals surface area contributed by atoms with E-state index in [-0.39, 0.29) is 6.61 Å². The molecule has 0 bridgehead atoms. The average molecular weight is 316 g/mol. The molecule has 1 aromatic carbocycles. The Bertz CT molecular complexity index is 734. The summed E-state index contributed by atoms with van der Waals surface area (Å²) in [5.41, 5.74) is 7.03. The molecule has 0 spiro atoms. The third kappa shape index (κ3) is 4.35. The molecule has 122 valence electrons. The summed E-state index contributed by atoms with van der Waals surface area (Å²) < 4.78 is 10.7. The molecule has 2 N–H and O–H groups in total. The predicted molar refractivity (Wildman–Crippen MR) is 85.2 cm³/mol. The van der Waals surface area contributed by atoms with Gasteiger partial charge >= 0.3 is 0 Å². The van der Waals surface area contributed by atoms with Gasteiger partial charge in [-0.2, -0.15) is 0 Å². The molecule has 1 heterocycles. The Morgan fingerprint density at radius 2 is 1.83 bits per heavy atom. The molecule has 0 unspecified atom stereocenters. The Kier molecular flexibility index (Phi) is 5.05. The number of rotatable bonds is 4. The molecule has 0 atom stereocenters. The van der Waals surface area contributed by atoms with Gasteiger partial charge < -0.3 is 9.15 Å². The lowest BCUT2D eigenvalue weighted by atomic mass is 10.1. The van der Waals surface area contributed by atoms with Crippen LogP contribution in [0.4, 0.5) is 0 Å². The molecule has 2 amide bonds. The highest BCUT2D eigenvalue weighted by atomic mass is 16.5. The minimum Gasteiger partial charge on any atom is -0.483 e. The van der Waals surface area contributed by atoms with Gasteiger partial charge in [-0.1, -0.05) is 12.1 Å². The van der Waals surface area contributed by atoms with E-state index in [2.05, 4.69) is 10.9 Å². The minimum absolute atomic E-state index is 0.187. The summed E-state index contributed by atoms with van der Waals surface area (Å²) in [5, 5.41) is 0. The second-order valence-corrected chi connectivity index (χ2v) is 5.39. The summed E-state index contributed by atoms with van der Waals surface area (Å²) in [4.78, 5) is 23.7. The quantitative estimate of drug-likeness (QED) is 0.849. The van der Waals surface area contributed by atoms with Crippen LogP contribution in [0.1, 0.15) is 33.0 Å². The summed E-state index contributed by atoms with van der Waals surface area (Å²) >= 11 is 0. The van der Waals surface area contributed by atoms with Crippen molar-refractivity contribution < 1.29 is 18.7 Å². The van der Waals surface area contributed by atoms with Crippen LogP contribution in [0.5, 0.6) is 5.75 Å². The van der Waals surface area contributed by atoms with Crippen molar-refractivity contribution in [2.45, 2.75) is 27.7 Å². The van der Waals surface area contributed by atoms with E-state index >= 15 is 0 Å². The van der Waals surface area contributed by atoms with Crippen molar-refractivity contribution in [3.63, 3.8) is 0 Å². The molecular formula is C17H20N2O4. The van der Waals surface area contributed by atoms with E-state index in [0.29, 0.717) is 22.8 Å². The number of ether oxygens (including phenoxy) is 1. The average Bonchev–Trinajstić information content (AvgIpc) is 2.84. The molecule has 0 radical (unpaired) electrons. The lowest BCUT2D eigenvalue weighted by Crippen LogP contribution is -2.43. The maximum Gasteiger partial charge on any atom is 0.276 e. The third-order valence-electron chi connectivity index (χ3n) is 3.30. The molecule has 0 fully saturated rings. The summed E-state index contributed by atoms with van der Waals surface area (Å²) in [6, 6.07) is 7.37. The van der Waals surface area contributed by atoms with Crippen LogP contribution in [0.3, 0.4) is 0 Å². The predicted octanol–water partition coefficient (Wildman–Crippen LogP) is 2.35. The van der Waals surface area contributed by atoms with E-state index in [1.807, 2.05) is 32.0 Å². The Morgan fingerprint density at radius 3 is 2.48 bits per heavy atom. The molecule has 1 aromatic heterocycles. The van der Waals surface area contributed by atoms with Crippen LogP contribution in [0.2, 0.25) is 0 Å². The van der Waals surface area contributed by atoms with Gasteiger partial charge in [0.1, 0.15) is 17.3 Å². The van der Waals surface area contributed by atoms with Gasteiger partial charge in [-0.3, -0.25) is 20.4 Å². The lowest BCUT2D eigenvalue weighted by molar-refractivity contribution is -0.123. The first-order valence-electron chi connectivity index (χ1n) is 7.23. The second-order valence-electron chi connectivity index (χ2n) is 5.39. The molecule has 2 rings (SSSR count). The highest BCUT2D eigenvalue weighted by Crippen LogP contribution is 2.18. The Balaban J connectivity index is 1.84. The molecule has 0 aliphatic carbocycles. The van der Waals surface area contributed by atoms with Gasteiger partial charge in [-0.15, -0.1) is 0 Å². The van der Waals surface area contributed by atoms with Gasteiger partial charge in [0.25, 0.3) is 11.8 Å². The van der Waals surface area contributed by atoms with E-state index in [1.165, 1.54) is 0 Å². The minimum atomic E-state index is -0.447. The van der Waals surface area contributed by atoms with Crippen molar-refractivity contribution in [2.75, 3.05) is 6.61 Å². The van der Waals surface area contributed by atoms with Gasteiger partial charge in [-0.25, -0.2) is 0 Å². The van der Waals surface area contributed by atoms with Gasteiger partial charge in [0.15, 0.2) is 6.61 Å². The smallest absolute Gasteiger partial charge is 0.276 e. The van der Waals surface area contributed by atoms with Crippen LogP contribution in [-0.2, 0) is 4.79 Å². The first-order chi connectivity index (χ1) is 10.9. The van der Waals surface area contributed by atoms with Crippen LogP contribution in [0.25, 0.3) is 0 Å². The fourth-order valence-corrected chi connectivity index (χ4v) is 2.09. The fraction of sp³-hybridized carbons (Fsp3) is 0.294. The standard InChI is InChI=1S/C17H20N2O4/c1-10-5-6-11(2)15(7-10)22-9-16(20)18-19-17(21)14-8-12(3)23-13(14)4/h5-8H,9H2,1-4H3,(H,18,20)(H,19,21). The number of aryl methyl sites for hydroxylation is 4. The highest BCUT2D eigenvalue weighted by Gasteiger charge is 2.14. The summed E-state index contributed by atoms with van der Waals surface area (Å²) in [6.45, 7) is 7.10. The van der Waals surface area contributed by atoms with E-state index in [1.54, 1.807) is 19.9 Å². The number of hydrogen-bond acceptors (Lipinski definition) is 4. The van der Waals surface area contributed by atoms with Gasteiger partial charge in [-0.05, 0) is 51.0 Å². The van der Waals surface area contributed by atoms with E-state index in [9.17, 15) is 9.59 Å². The first-order valence-corrected chi connectivity index (χ1v) is 7.23. The van der Waals surface area contributed by atoms with Crippen LogP contribution >= 0.6 is 0 Å². The molecule has 0 saturated heterocycles. The van der Waals surface area contributed by atoms with E-state index < -0.39 is 11.8 Å². The zero-order valence-corrected chi connectivity index (χ0v) is 13.6. The molecule has 0 aliphatic heterocycles. The summed E-state index contributed by atoms with van der Waals surface area (Å²) in [7, 11) is 0. The SMILES string of the molecule is Cc1ccc(C)c(OCC(=O)NNC(=O)c2cc(C)oc2C)c1. The lowest BCUT2D eigenvalue weighted by Gasteiger charge is -2.10. The Morgan fingerprint density at radius 1 is 1.09 bits per heavy atom. The van der Waals surface area contributed by atoms with Crippen molar-refractivity contribution in [1.29, 1.82) is 0 Å². The van der Waals surface area contributed by atoms with Crippen LogP contribution in [0, 0.1) is 27.7 Å². The van der Waals surface area contributed by atoms with Gasteiger partial charge in [0.2, 0.25) is 0 Å². The number of benzene rings is 1. The molecule has 0 saturated carbocycles. The monoisotopic (exact) mass is 316 g/mol. The number of hydrazine groups is 1. The van der Waals surface area contributed by atoms with Crippen LogP contribution in [-0.4, -0.2) is 18.4 Å². The van der Waals surface area contributed by atoms with E-state index in [0.717, 1.165) is 11.1 Å². The van der Waals surface area contributed by atoms with Crippen LogP contribution < -0.4 is 15.6 Å². The maximum atomic E-state index is 11.9. The molecule has 2 aromatic rings. The summed E-state index contributed by atoms with van der Waals surface area (Å²) in [6.07, 6.45) is 0. The second kappa shape index (κ2) is 7.00. The molecular weight excluding hydrogens is 296 g/mol. The number of furan rings is 1. The largest absolute Gasteiger partial charge is 0.483 e. The first kappa shape index (κ1) is 16.6. The zero-order valence-electron chi connectivity index (χ0n) is 13.6. The number of nitrogens with one attached hydrogen (secondary N) is 2. The molecule has 6 nitrogen and oxygen atoms in total. The fourth-order valence-electron chi connectivity index (χ4n) is 2.09. The highest BCUT2D eigenvalue weighted by molar-refractivity contribution is 5.96. The third-order valence-corrected chi connectivity index (χ3v) is 3.30. The van der Waals surface area contributed by atoms with Crippen molar-refractivity contribution in [3.05, 3.63) is 52.5 Å². The normalized spacial score (nSPS) is 10.3.